The van der Waals surface area contributed by atoms with E-state index in [2.05, 4.69) is 5.32 Å². The van der Waals surface area contributed by atoms with Gasteiger partial charge in [0.2, 0.25) is 0 Å². The van der Waals surface area contributed by atoms with Crippen molar-refractivity contribution in [3.8, 4) is 10.6 Å². The number of nitrogens with zero attached hydrogens (tertiary/aromatic N) is 1. The molecule has 2 heterocycles. The third kappa shape index (κ3) is 4.11. The molecule has 0 spiro atoms. The van der Waals surface area contributed by atoms with Gasteiger partial charge in [0.05, 0.1) is 21.7 Å². The summed E-state index contributed by atoms with van der Waals surface area (Å²) in [6.07, 6.45) is 3.44. The van der Waals surface area contributed by atoms with Crippen LogP contribution < -0.4 is 5.32 Å². The molecule has 1 aliphatic rings. The van der Waals surface area contributed by atoms with Crippen molar-refractivity contribution in [1.82, 2.24) is 10.3 Å². The minimum absolute atomic E-state index is 0.0522. The van der Waals surface area contributed by atoms with Gasteiger partial charge in [-0.3, -0.25) is 4.79 Å². The van der Waals surface area contributed by atoms with Gasteiger partial charge in [-0.2, -0.15) is 0 Å². The van der Waals surface area contributed by atoms with Crippen molar-refractivity contribution in [3.63, 3.8) is 0 Å². The van der Waals surface area contributed by atoms with Crippen LogP contribution >= 0.6 is 11.3 Å². The predicted molar refractivity (Wildman–Crippen MR) is 106 cm³/mol. The van der Waals surface area contributed by atoms with Crippen LogP contribution in [0.2, 0.25) is 0 Å². The van der Waals surface area contributed by atoms with Gasteiger partial charge in [0.1, 0.15) is 0 Å². The lowest BCUT2D eigenvalue weighted by Gasteiger charge is -2.10. The number of fused-ring (bicyclic) bond motifs is 1. The number of rotatable bonds is 8. The molecular formula is C21H22N2O2S. The van der Waals surface area contributed by atoms with E-state index in [0.29, 0.717) is 18.7 Å². The quantitative estimate of drug-likeness (QED) is 0.597. The van der Waals surface area contributed by atoms with Gasteiger partial charge in [-0.25, -0.2) is 4.98 Å². The first-order valence-corrected chi connectivity index (χ1v) is 9.99. The minimum Gasteiger partial charge on any atom is -0.381 e. The number of nitrogens with one attached hydrogen (secondary N) is 1. The topological polar surface area (TPSA) is 51.2 Å². The van der Waals surface area contributed by atoms with E-state index in [-0.39, 0.29) is 5.91 Å². The van der Waals surface area contributed by atoms with Crippen molar-refractivity contribution in [3.05, 3.63) is 53.4 Å². The fraction of sp³-hybridized carbons (Fsp3) is 0.333. The second-order valence-electron chi connectivity index (χ2n) is 6.68. The van der Waals surface area contributed by atoms with Gasteiger partial charge < -0.3 is 10.1 Å². The Bertz CT molecular complexity index is 888. The second-order valence-corrected chi connectivity index (χ2v) is 7.62. The van der Waals surface area contributed by atoms with Crippen molar-refractivity contribution in [1.29, 1.82) is 0 Å². The average Bonchev–Trinajstić information content (AvgIpc) is 3.33. The summed E-state index contributed by atoms with van der Waals surface area (Å²) < 4.78 is 5.62. The minimum atomic E-state index is -0.0522. The number of thiophene rings is 1. The van der Waals surface area contributed by atoms with E-state index in [1.807, 2.05) is 47.8 Å². The summed E-state index contributed by atoms with van der Waals surface area (Å²) in [5, 5.41) is 5.93. The Morgan fingerprint density at radius 1 is 1.23 bits per heavy atom. The molecule has 3 aromatic rings. The molecule has 0 bridgehead atoms. The molecule has 134 valence electrons. The summed E-state index contributed by atoms with van der Waals surface area (Å²) in [7, 11) is 0. The molecule has 1 saturated carbocycles. The summed E-state index contributed by atoms with van der Waals surface area (Å²) in [6, 6.07) is 13.7. The molecular weight excluding hydrogens is 344 g/mol. The van der Waals surface area contributed by atoms with E-state index in [1.54, 1.807) is 11.3 Å². The SMILES string of the molecule is O=C(NCCCOCC1CC1)c1cc(-c2cccs2)nc2ccccc12. The van der Waals surface area contributed by atoms with E-state index in [4.69, 9.17) is 9.72 Å². The Morgan fingerprint density at radius 2 is 2.12 bits per heavy atom. The van der Waals surface area contributed by atoms with Crippen LogP contribution in [-0.4, -0.2) is 30.6 Å². The average molecular weight is 366 g/mol. The van der Waals surface area contributed by atoms with Crippen molar-refractivity contribution < 1.29 is 9.53 Å². The molecule has 0 aliphatic heterocycles. The lowest BCUT2D eigenvalue weighted by Crippen LogP contribution is -2.25. The smallest absolute Gasteiger partial charge is 0.252 e. The largest absolute Gasteiger partial charge is 0.381 e. The summed E-state index contributed by atoms with van der Waals surface area (Å²) >= 11 is 1.63. The maximum atomic E-state index is 12.8. The Kier molecular flexibility index (Phi) is 5.27. The van der Waals surface area contributed by atoms with Crippen LogP contribution in [0, 0.1) is 5.92 Å². The second kappa shape index (κ2) is 7.98. The molecule has 1 aliphatic carbocycles. The van der Waals surface area contributed by atoms with Gasteiger partial charge in [-0.1, -0.05) is 24.3 Å². The number of benzene rings is 1. The number of aromatic nitrogens is 1. The zero-order chi connectivity index (χ0) is 17.8. The van der Waals surface area contributed by atoms with E-state index in [1.165, 1.54) is 12.8 Å². The van der Waals surface area contributed by atoms with E-state index in [0.717, 1.165) is 40.4 Å². The third-order valence-electron chi connectivity index (χ3n) is 4.54. The monoisotopic (exact) mass is 366 g/mol. The number of hydrogen-bond donors (Lipinski definition) is 1. The normalized spacial score (nSPS) is 13.8. The molecule has 4 rings (SSSR count). The van der Waals surface area contributed by atoms with Crippen molar-refractivity contribution in [2.45, 2.75) is 19.3 Å². The number of hydrogen-bond acceptors (Lipinski definition) is 4. The van der Waals surface area contributed by atoms with Crippen molar-refractivity contribution in [2.24, 2.45) is 5.92 Å². The highest BCUT2D eigenvalue weighted by molar-refractivity contribution is 7.13. The van der Waals surface area contributed by atoms with Crippen LogP contribution in [0.25, 0.3) is 21.5 Å². The van der Waals surface area contributed by atoms with Crippen molar-refractivity contribution >= 4 is 28.1 Å². The lowest BCUT2D eigenvalue weighted by molar-refractivity contribution is 0.0939. The standard InChI is InChI=1S/C21H22N2O2S/c24-21(22-10-4-11-25-14-15-8-9-15)17-13-19(20-7-3-12-26-20)23-18-6-2-1-5-16(17)18/h1-3,5-7,12-13,15H,4,8-11,14H2,(H,22,24). The van der Waals surface area contributed by atoms with Crippen LogP contribution in [0.15, 0.2) is 47.8 Å². The number of pyridine rings is 1. The third-order valence-corrected chi connectivity index (χ3v) is 5.43. The molecule has 0 atom stereocenters. The summed E-state index contributed by atoms with van der Waals surface area (Å²) in [5.41, 5.74) is 2.37. The molecule has 1 N–H and O–H groups in total. The van der Waals surface area contributed by atoms with Gasteiger partial charge in [0, 0.05) is 25.1 Å². The van der Waals surface area contributed by atoms with Gasteiger partial charge in [-0.15, -0.1) is 11.3 Å². The highest BCUT2D eigenvalue weighted by Crippen LogP contribution is 2.29. The van der Waals surface area contributed by atoms with Gasteiger partial charge in [0.25, 0.3) is 5.91 Å². The molecule has 4 nitrogen and oxygen atoms in total. The molecule has 2 aromatic heterocycles. The Balaban J connectivity index is 1.46. The summed E-state index contributed by atoms with van der Waals surface area (Å²) in [5.74, 6) is 0.729. The number of carbonyl (C=O) groups is 1. The zero-order valence-electron chi connectivity index (χ0n) is 14.6. The van der Waals surface area contributed by atoms with Gasteiger partial charge in [0.15, 0.2) is 0 Å². The fourth-order valence-corrected chi connectivity index (χ4v) is 3.61. The summed E-state index contributed by atoms with van der Waals surface area (Å²) in [4.78, 5) is 18.5. The maximum Gasteiger partial charge on any atom is 0.252 e. The van der Waals surface area contributed by atoms with Crippen molar-refractivity contribution in [2.75, 3.05) is 19.8 Å². The molecule has 0 saturated heterocycles. The Labute approximate surface area is 157 Å². The predicted octanol–water partition coefficient (Wildman–Crippen LogP) is 4.51. The molecule has 0 radical (unpaired) electrons. The first kappa shape index (κ1) is 17.2. The Hall–Kier alpha value is -2.24. The molecule has 0 unspecified atom stereocenters. The fourth-order valence-electron chi connectivity index (χ4n) is 2.92. The zero-order valence-corrected chi connectivity index (χ0v) is 15.4. The molecule has 1 fully saturated rings. The molecule has 26 heavy (non-hydrogen) atoms. The lowest BCUT2D eigenvalue weighted by atomic mass is 10.1. The van der Waals surface area contributed by atoms with Crippen LogP contribution in [0.5, 0.6) is 0 Å². The van der Waals surface area contributed by atoms with Crippen LogP contribution in [0.4, 0.5) is 0 Å². The maximum absolute atomic E-state index is 12.8. The first-order chi connectivity index (χ1) is 12.8. The van der Waals surface area contributed by atoms with Crippen LogP contribution in [-0.2, 0) is 4.74 Å². The number of para-hydroxylation sites is 1. The van der Waals surface area contributed by atoms with Crippen LogP contribution in [0.1, 0.15) is 29.6 Å². The summed E-state index contributed by atoms with van der Waals surface area (Å²) in [6.45, 7) is 2.19. The highest BCUT2D eigenvalue weighted by Gasteiger charge is 2.20. The van der Waals surface area contributed by atoms with E-state index in [9.17, 15) is 4.79 Å². The van der Waals surface area contributed by atoms with E-state index < -0.39 is 0 Å². The van der Waals surface area contributed by atoms with E-state index >= 15 is 0 Å². The number of amides is 1. The Morgan fingerprint density at radius 3 is 2.92 bits per heavy atom. The van der Waals surface area contributed by atoms with Crippen LogP contribution in [0.3, 0.4) is 0 Å². The molecule has 1 aromatic carbocycles. The van der Waals surface area contributed by atoms with Gasteiger partial charge in [-0.05, 0) is 48.8 Å². The first-order valence-electron chi connectivity index (χ1n) is 9.11. The highest BCUT2D eigenvalue weighted by atomic mass is 32.1. The number of ether oxygens (including phenoxy) is 1. The van der Waals surface area contributed by atoms with Gasteiger partial charge >= 0.3 is 0 Å². The molecule has 1 amide bonds. The molecule has 5 heteroatoms. The number of carbonyl (C=O) groups excluding carboxylic acids is 1.